The highest BCUT2D eigenvalue weighted by Gasteiger charge is 2.32. The summed E-state index contributed by atoms with van der Waals surface area (Å²) in [7, 11) is -4.88. The number of rotatable bonds is 6. The lowest BCUT2D eigenvalue weighted by molar-refractivity contribution is 0.0882. The van der Waals surface area contributed by atoms with Crippen molar-refractivity contribution >= 4 is 27.3 Å². The Labute approximate surface area is 171 Å². The van der Waals surface area contributed by atoms with Crippen LogP contribution in [0.1, 0.15) is 36.0 Å². The maximum atomic E-state index is 12.9. The molecule has 156 valence electrons. The van der Waals surface area contributed by atoms with E-state index in [9.17, 15) is 22.0 Å². The van der Waals surface area contributed by atoms with E-state index < -0.39 is 26.4 Å². The maximum Gasteiger partial charge on any atom is 0.341 e. The number of nitrogens with one attached hydrogen (secondary N) is 1. The summed E-state index contributed by atoms with van der Waals surface area (Å²) in [4.78, 5) is 19.8. The van der Waals surface area contributed by atoms with Crippen molar-refractivity contribution in [2.75, 3.05) is 0 Å². The highest BCUT2D eigenvalue weighted by atomic mass is 35.5. The van der Waals surface area contributed by atoms with E-state index in [4.69, 9.17) is 16.3 Å². The molecule has 0 bridgehead atoms. The standard InChI is InChI=1S/C18H18ClF2N3O4S/c19-11-9-22-18(23-10-11)28-13-7-5-12(6-8-13)24-16(25)14-3-1-2-4-15(14)29(26,27)17(20)21/h1-4,9-10,12-13,17H,5-8H2,(H,24,25). The summed E-state index contributed by atoms with van der Waals surface area (Å²) in [6, 6.07) is 4.94. The van der Waals surface area contributed by atoms with Crippen molar-refractivity contribution < 1.29 is 26.7 Å². The number of carbonyl (C=O) groups excluding carboxylic acids is 1. The predicted molar refractivity (Wildman–Crippen MR) is 101 cm³/mol. The Kier molecular flexibility index (Phi) is 6.63. The number of benzene rings is 1. The highest BCUT2D eigenvalue weighted by molar-refractivity contribution is 7.91. The van der Waals surface area contributed by atoms with Gasteiger partial charge in [-0.1, -0.05) is 23.7 Å². The fourth-order valence-electron chi connectivity index (χ4n) is 3.10. The minimum Gasteiger partial charge on any atom is -0.460 e. The van der Waals surface area contributed by atoms with E-state index in [0.29, 0.717) is 30.7 Å². The second-order valence-electron chi connectivity index (χ2n) is 6.55. The molecule has 29 heavy (non-hydrogen) atoms. The molecule has 3 rings (SSSR count). The van der Waals surface area contributed by atoms with Crippen LogP contribution in [0.25, 0.3) is 0 Å². The van der Waals surface area contributed by atoms with Gasteiger partial charge in [0.15, 0.2) is 0 Å². The number of carbonyl (C=O) groups is 1. The van der Waals surface area contributed by atoms with E-state index in [2.05, 4.69) is 15.3 Å². The van der Waals surface area contributed by atoms with Crippen molar-refractivity contribution in [1.29, 1.82) is 0 Å². The van der Waals surface area contributed by atoms with Gasteiger partial charge in [-0.05, 0) is 37.8 Å². The number of hydrogen-bond acceptors (Lipinski definition) is 6. The van der Waals surface area contributed by atoms with E-state index in [1.807, 2.05) is 0 Å². The largest absolute Gasteiger partial charge is 0.460 e. The van der Waals surface area contributed by atoms with Gasteiger partial charge in [0, 0.05) is 6.04 Å². The summed E-state index contributed by atoms with van der Waals surface area (Å²) in [6.07, 6.45) is 5.13. The Bertz CT molecular complexity index is 965. The minimum absolute atomic E-state index is 0.129. The average molecular weight is 446 g/mol. The first-order chi connectivity index (χ1) is 13.8. The van der Waals surface area contributed by atoms with Crippen LogP contribution in [0.5, 0.6) is 6.01 Å². The maximum absolute atomic E-state index is 12.9. The van der Waals surface area contributed by atoms with Crippen molar-refractivity contribution in [1.82, 2.24) is 15.3 Å². The average Bonchev–Trinajstić information content (AvgIpc) is 2.71. The molecule has 0 spiro atoms. The second kappa shape index (κ2) is 9.00. The molecule has 0 radical (unpaired) electrons. The lowest BCUT2D eigenvalue weighted by atomic mass is 9.92. The van der Waals surface area contributed by atoms with Crippen molar-refractivity contribution in [3.63, 3.8) is 0 Å². The molecule has 1 amide bonds. The van der Waals surface area contributed by atoms with Gasteiger partial charge in [0.2, 0.25) is 9.84 Å². The summed E-state index contributed by atoms with van der Waals surface area (Å²) >= 11 is 5.73. The number of amides is 1. The van der Waals surface area contributed by atoms with Crippen LogP contribution in [0, 0.1) is 0 Å². The molecule has 0 unspecified atom stereocenters. The summed E-state index contributed by atoms with van der Waals surface area (Å²) < 4.78 is 55.1. The van der Waals surface area contributed by atoms with Gasteiger partial charge < -0.3 is 10.1 Å². The van der Waals surface area contributed by atoms with Crippen LogP contribution in [0.2, 0.25) is 5.02 Å². The molecule has 1 fully saturated rings. The molecule has 0 saturated heterocycles. The zero-order valence-electron chi connectivity index (χ0n) is 15.1. The second-order valence-corrected chi connectivity index (χ2v) is 8.87. The molecule has 0 aliphatic heterocycles. The monoisotopic (exact) mass is 445 g/mol. The number of sulfone groups is 1. The lowest BCUT2D eigenvalue weighted by Crippen LogP contribution is -2.40. The summed E-state index contributed by atoms with van der Waals surface area (Å²) in [6.45, 7) is 0. The smallest absolute Gasteiger partial charge is 0.341 e. The molecular weight excluding hydrogens is 428 g/mol. The third-order valence-electron chi connectivity index (χ3n) is 4.55. The van der Waals surface area contributed by atoms with E-state index in [0.717, 1.165) is 6.07 Å². The van der Waals surface area contributed by atoms with Crippen LogP contribution < -0.4 is 10.1 Å². The van der Waals surface area contributed by atoms with Crippen LogP contribution in [-0.4, -0.2) is 42.2 Å². The van der Waals surface area contributed by atoms with E-state index in [1.54, 1.807) is 0 Å². The first-order valence-corrected chi connectivity index (χ1v) is 10.8. The van der Waals surface area contributed by atoms with Gasteiger partial charge in [0.25, 0.3) is 5.91 Å². The molecule has 1 aliphatic carbocycles. The zero-order valence-corrected chi connectivity index (χ0v) is 16.7. The van der Waals surface area contributed by atoms with Gasteiger partial charge in [-0.2, -0.15) is 8.78 Å². The van der Waals surface area contributed by atoms with E-state index >= 15 is 0 Å². The number of ether oxygens (including phenoxy) is 1. The Balaban J connectivity index is 1.60. The number of alkyl halides is 2. The number of aromatic nitrogens is 2. The van der Waals surface area contributed by atoms with E-state index in [-0.39, 0.29) is 23.7 Å². The molecule has 1 aromatic heterocycles. The van der Waals surface area contributed by atoms with Gasteiger partial charge in [-0.25, -0.2) is 18.4 Å². The Hall–Kier alpha value is -2.33. The van der Waals surface area contributed by atoms with Gasteiger partial charge in [-0.3, -0.25) is 4.79 Å². The molecule has 1 N–H and O–H groups in total. The molecule has 0 atom stereocenters. The molecule has 1 heterocycles. The number of nitrogens with zero attached hydrogens (tertiary/aromatic N) is 2. The van der Waals surface area contributed by atoms with Crippen LogP contribution in [0.15, 0.2) is 41.6 Å². The first-order valence-electron chi connectivity index (χ1n) is 8.83. The van der Waals surface area contributed by atoms with Crippen LogP contribution in [-0.2, 0) is 9.84 Å². The number of hydrogen-bond donors (Lipinski definition) is 1. The fraction of sp³-hybridized carbons (Fsp3) is 0.389. The summed E-state index contributed by atoms with van der Waals surface area (Å²) in [5.41, 5.74) is -0.291. The Morgan fingerprint density at radius 2 is 1.76 bits per heavy atom. The Morgan fingerprint density at radius 3 is 2.38 bits per heavy atom. The van der Waals surface area contributed by atoms with Crippen LogP contribution in [0.4, 0.5) is 8.78 Å². The first kappa shape index (κ1) is 21.4. The quantitative estimate of drug-likeness (QED) is 0.732. The van der Waals surface area contributed by atoms with Crippen molar-refractivity contribution in [2.45, 2.75) is 48.5 Å². The van der Waals surface area contributed by atoms with Crippen LogP contribution in [0.3, 0.4) is 0 Å². The fourth-order valence-corrected chi connectivity index (χ4v) is 4.12. The number of halogens is 3. The topological polar surface area (TPSA) is 98.2 Å². The van der Waals surface area contributed by atoms with Crippen molar-refractivity contribution in [3.8, 4) is 6.01 Å². The molecular formula is C18H18ClF2N3O4S. The summed E-state index contributed by atoms with van der Waals surface area (Å²) in [5.74, 6) is -4.30. The van der Waals surface area contributed by atoms with Gasteiger partial charge >= 0.3 is 11.8 Å². The minimum atomic E-state index is -4.88. The van der Waals surface area contributed by atoms with Gasteiger partial charge in [0.05, 0.1) is 27.9 Å². The normalized spacial score (nSPS) is 19.7. The summed E-state index contributed by atoms with van der Waals surface area (Å²) in [5, 5.41) is 3.13. The SMILES string of the molecule is O=C(NC1CCC(Oc2ncc(Cl)cn2)CC1)c1ccccc1S(=O)(=O)C(F)F. The molecule has 7 nitrogen and oxygen atoms in total. The van der Waals surface area contributed by atoms with Crippen LogP contribution >= 0.6 is 11.6 Å². The molecule has 1 aromatic carbocycles. The van der Waals surface area contributed by atoms with Gasteiger partial charge in [-0.15, -0.1) is 0 Å². The van der Waals surface area contributed by atoms with Crippen molar-refractivity contribution in [3.05, 3.63) is 47.2 Å². The molecule has 2 aromatic rings. The van der Waals surface area contributed by atoms with E-state index in [1.165, 1.54) is 30.6 Å². The Morgan fingerprint density at radius 1 is 1.14 bits per heavy atom. The zero-order chi connectivity index (χ0) is 21.0. The molecule has 1 saturated carbocycles. The van der Waals surface area contributed by atoms with Gasteiger partial charge in [0.1, 0.15) is 6.10 Å². The third-order valence-corrected chi connectivity index (χ3v) is 6.18. The van der Waals surface area contributed by atoms with Crippen molar-refractivity contribution in [2.24, 2.45) is 0 Å². The predicted octanol–water partition coefficient (Wildman–Crippen LogP) is 3.25. The molecule has 1 aliphatic rings. The molecule has 11 heteroatoms. The third kappa shape index (κ3) is 5.18. The highest BCUT2D eigenvalue weighted by Crippen LogP contribution is 2.25. The lowest BCUT2D eigenvalue weighted by Gasteiger charge is -2.29.